The third kappa shape index (κ3) is 3.53. The maximum atomic E-state index is 12.3. The highest BCUT2D eigenvalue weighted by Crippen LogP contribution is 2.18. The molecular weight excluding hydrogens is 296 g/mol. The summed E-state index contributed by atoms with van der Waals surface area (Å²) in [6.07, 6.45) is 5.20. The number of likely N-dealkylation sites (tertiary alicyclic amines) is 1. The van der Waals surface area contributed by atoms with Crippen LogP contribution in [0.25, 0.3) is 0 Å². The highest BCUT2D eigenvalue weighted by atomic mass is 16.5. The van der Waals surface area contributed by atoms with Crippen LogP contribution in [0.1, 0.15) is 16.9 Å². The van der Waals surface area contributed by atoms with Gasteiger partial charge in [-0.15, -0.1) is 10.2 Å². The molecule has 8 nitrogen and oxygen atoms in total. The number of rotatable bonds is 4. The second-order valence-electron chi connectivity index (χ2n) is 5.49. The molecule has 1 fully saturated rings. The van der Waals surface area contributed by atoms with Gasteiger partial charge in [0.15, 0.2) is 5.82 Å². The largest absolute Gasteiger partial charge is 0.471 e. The third-order valence-corrected chi connectivity index (χ3v) is 3.59. The van der Waals surface area contributed by atoms with Gasteiger partial charge in [-0.2, -0.15) is 0 Å². The number of amides is 1. The van der Waals surface area contributed by atoms with E-state index in [-0.39, 0.29) is 12.0 Å². The molecule has 0 saturated carbocycles. The van der Waals surface area contributed by atoms with E-state index in [1.165, 1.54) is 12.4 Å². The van der Waals surface area contributed by atoms with Gasteiger partial charge in [0.2, 0.25) is 5.88 Å². The lowest BCUT2D eigenvalue weighted by molar-refractivity contribution is 0.0764. The summed E-state index contributed by atoms with van der Waals surface area (Å²) in [5.74, 6) is 1.11. The predicted molar refractivity (Wildman–Crippen MR) is 83.3 cm³/mol. The van der Waals surface area contributed by atoms with E-state index in [9.17, 15) is 4.79 Å². The average molecular weight is 314 g/mol. The molecule has 3 rings (SSSR count). The molecule has 0 N–H and O–H groups in total. The highest BCUT2D eigenvalue weighted by molar-refractivity contribution is 5.92. The van der Waals surface area contributed by atoms with Crippen molar-refractivity contribution in [3.05, 3.63) is 36.4 Å². The molecule has 0 bridgehead atoms. The predicted octanol–water partition coefficient (Wildman–Crippen LogP) is 0.626. The van der Waals surface area contributed by atoms with Crippen LogP contribution < -0.4 is 9.64 Å². The fraction of sp³-hybridized carbons (Fsp3) is 0.400. The van der Waals surface area contributed by atoms with Crippen molar-refractivity contribution in [3.63, 3.8) is 0 Å². The standard InChI is InChI=1S/C15H18N6O2/c1-20(2)13-3-4-14(19-18-13)23-11-5-8-21(10-11)15(22)12-9-16-6-7-17-12/h3-4,6-7,9,11H,5,8,10H2,1-2H3/t11-/m1/s1. The van der Waals surface area contributed by atoms with Gasteiger partial charge in [0.1, 0.15) is 11.8 Å². The van der Waals surface area contributed by atoms with Crippen molar-refractivity contribution in [2.45, 2.75) is 12.5 Å². The van der Waals surface area contributed by atoms with Crippen molar-refractivity contribution in [2.24, 2.45) is 0 Å². The molecule has 3 heterocycles. The average Bonchev–Trinajstić information content (AvgIpc) is 3.04. The summed E-state index contributed by atoms with van der Waals surface area (Å²) in [6, 6.07) is 3.63. The van der Waals surface area contributed by atoms with Gasteiger partial charge in [-0.25, -0.2) is 4.98 Å². The zero-order valence-corrected chi connectivity index (χ0v) is 13.1. The summed E-state index contributed by atoms with van der Waals surface area (Å²) in [5.41, 5.74) is 0.350. The van der Waals surface area contributed by atoms with Crippen LogP contribution in [-0.2, 0) is 0 Å². The first-order valence-electron chi connectivity index (χ1n) is 7.36. The summed E-state index contributed by atoms with van der Waals surface area (Å²) in [6.45, 7) is 1.13. The molecular formula is C15H18N6O2. The van der Waals surface area contributed by atoms with Crippen LogP contribution in [0.4, 0.5) is 5.82 Å². The molecule has 2 aromatic heterocycles. The van der Waals surface area contributed by atoms with Crippen molar-refractivity contribution < 1.29 is 9.53 Å². The highest BCUT2D eigenvalue weighted by Gasteiger charge is 2.29. The zero-order chi connectivity index (χ0) is 16.2. The fourth-order valence-corrected chi connectivity index (χ4v) is 2.37. The lowest BCUT2D eigenvalue weighted by atomic mass is 10.3. The summed E-state index contributed by atoms with van der Waals surface area (Å²) in [7, 11) is 3.80. The Hall–Kier alpha value is -2.77. The van der Waals surface area contributed by atoms with Crippen LogP contribution in [0.15, 0.2) is 30.7 Å². The molecule has 1 atom stereocenters. The lowest BCUT2D eigenvalue weighted by Gasteiger charge is -2.16. The minimum absolute atomic E-state index is 0.0878. The first-order chi connectivity index (χ1) is 11.1. The van der Waals surface area contributed by atoms with Crippen LogP contribution >= 0.6 is 0 Å². The molecule has 0 aromatic carbocycles. The van der Waals surface area contributed by atoms with Gasteiger partial charge in [-0.1, -0.05) is 0 Å². The Morgan fingerprint density at radius 3 is 2.83 bits per heavy atom. The molecule has 1 saturated heterocycles. The summed E-state index contributed by atoms with van der Waals surface area (Å²) in [4.78, 5) is 23.8. The summed E-state index contributed by atoms with van der Waals surface area (Å²) < 4.78 is 5.80. The summed E-state index contributed by atoms with van der Waals surface area (Å²) in [5, 5.41) is 8.13. The minimum atomic E-state index is -0.127. The normalized spacial score (nSPS) is 17.1. The first-order valence-corrected chi connectivity index (χ1v) is 7.36. The smallest absolute Gasteiger partial charge is 0.274 e. The van der Waals surface area contributed by atoms with Crippen LogP contribution in [0.5, 0.6) is 5.88 Å². The number of carbonyl (C=O) groups is 1. The number of aromatic nitrogens is 4. The maximum absolute atomic E-state index is 12.3. The topological polar surface area (TPSA) is 84.3 Å². The van der Waals surface area contributed by atoms with Gasteiger partial charge in [-0.3, -0.25) is 9.78 Å². The molecule has 120 valence electrons. The molecule has 23 heavy (non-hydrogen) atoms. The Morgan fingerprint density at radius 1 is 1.30 bits per heavy atom. The zero-order valence-electron chi connectivity index (χ0n) is 13.1. The van der Waals surface area contributed by atoms with E-state index in [0.717, 1.165) is 12.2 Å². The molecule has 2 aromatic rings. The van der Waals surface area contributed by atoms with E-state index in [1.807, 2.05) is 25.1 Å². The van der Waals surface area contributed by atoms with Gasteiger partial charge < -0.3 is 14.5 Å². The van der Waals surface area contributed by atoms with Crippen molar-refractivity contribution >= 4 is 11.7 Å². The van der Waals surface area contributed by atoms with Gasteiger partial charge in [-0.05, 0) is 6.07 Å². The van der Waals surface area contributed by atoms with Crippen LogP contribution in [0.2, 0.25) is 0 Å². The molecule has 0 unspecified atom stereocenters. The minimum Gasteiger partial charge on any atom is -0.471 e. The molecule has 0 spiro atoms. The third-order valence-electron chi connectivity index (χ3n) is 3.59. The molecule has 1 aliphatic rings. The Balaban J connectivity index is 1.58. The second kappa shape index (κ2) is 6.55. The first kappa shape index (κ1) is 15.1. The molecule has 0 radical (unpaired) electrons. The number of hydrogen-bond acceptors (Lipinski definition) is 7. The number of anilines is 1. The molecule has 8 heteroatoms. The number of ether oxygens (including phenoxy) is 1. The SMILES string of the molecule is CN(C)c1ccc(O[C@@H]2CCN(C(=O)c3cnccn3)C2)nn1. The molecule has 1 amide bonds. The number of carbonyl (C=O) groups excluding carboxylic acids is 1. The van der Waals surface area contributed by atoms with Gasteiger partial charge in [0.05, 0.1) is 12.7 Å². The second-order valence-corrected chi connectivity index (χ2v) is 5.49. The van der Waals surface area contributed by atoms with Gasteiger partial charge in [0, 0.05) is 45.5 Å². The monoisotopic (exact) mass is 314 g/mol. The van der Waals surface area contributed by atoms with Crippen molar-refractivity contribution in [3.8, 4) is 5.88 Å². The van der Waals surface area contributed by atoms with Crippen LogP contribution in [-0.4, -0.2) is 64.3 Å². The maximum Gasteiger partial charge on any atom is 0.274 e. The molecule has 0 aliphatic carbocycles. The van der Waals surface area contributed by atoms with E-state index < -0.39 is 0 Å². The summed E-state index contributed by atoms with van der Waals surface area (Å²) >= 11 is 0. The van der Waals surface area contributed by atoms with E-state index >= 15 is 0 Å². The Labute approximate surface area is 134 Å². The van der Waals surface area contributed by atoms with Crippen molar-refractivity contribution in [1.82, 2.24) is 25.1 Å². The number of hydrogen-bond donors (Lipinski definition) is 0. The Kier molecular flexibility index (Phi) is 4.31. The quantitative estimate of drug-likeness (QED) is 0.818. The van der Waals surface area contributed by atoms with Gasteiger partial charge >= 0.3 is 0 Å². The fourth-order valence-electron chi connectivity index (χ4n) is 2.37. The van der Waals surface area contributed by atoms with Crippen molar-refractivity contribution in [1.29, 1.82) is 0 Å². The van der Waals surface area contributed by atoms with Gasteiger partial charge in [0.25, 0.3) is 5.91 Å². The Bertz CT molecular complexity index is 661. The van der Waals surface area contributed by atoms with E-state index in [2.05, 4.69) is 20.2 Å². The van der Waals surface area contributed by atoms with E-state index in [0.29, 0.717) is 24.7 Å². The van der Waals surface area contributed by atoms with E-state index in [4.69, 9.17) is 4.74 Å². The number of nitrogens with zero attached hydrogens (tertiary/aromatic N) is 6. The van der Waals surface area contributed by atoms with Crippen LogP contribution in [0, 0.1) is 0 Å². The molecule has 1 aliphatic heterocycles. The van der Waals surface area contributed by atoms with E-state index in [1.54, 1.807) is 17.2 Å². The Morgan fingerprint density at radius 2 is 2.17 bits per heavy atom. The lowest BCUT2D eigenvalue weighted by Crippen LogP contribution is -2.31. The van der Waals surface area contributed by atoms with Crippen molar-refractivity contribution in [2.75, 3.05) is 32.1 Å². The van der Waals surface area contributed by atoms with Crippen LogP contribution in [0.3, 0.4) is 0 Å².